The smallest absolute Gasteiger partial charge is 0.365 e. The van der Waals surface area contributed by atoms with Crippen LogP contribution in [-0.4, -0.2) is 27.3 Å². The molecule has 0 unspecified atom stereocenters. The number of ether oxygens (including phenoxy) is 1. The quantitative estimate of drug-likeness (QED) is 0.556. The summed E-state index contributed by atoms with van der Waals surface area (Å²) in [7, 11) is -5.26. The first-order valence-electron chi connectivity index (χ1n) is 3.95. The molecule has 14 heavy (non-hydrogen) atoms. The molecule has 0 atom stereocenters. The molecule has 0 aliphatic heterocycles. The molecule has 0 aliphatic rings. The number of nitrogens with one attached hydrogen (secondary N) is 1. The topological polar surface area (TPSA) is 55.4 Å². The Morgan fingerprint density at radius 1 is 1.36 bits per heavy atom. The highest BCUT2D eigenvalue weighted by atomic mass is 32.2. The average Bonchev–Trinajstić information content (AvgIpc) is 2.02. The molecular weight excluding hydrogens is 223 g/mol. The van der Waals surface area contributed by atoms with E-state index in [1.807, 2.05) is 6.92 Å². The highest BCUT2D eigenvalue weighted by molar-refractivity contribution is 7.90. The summed E-state index contributed by atoms with van der Waals surface area (Å²) in [6.07, 6.45) is 1.50. The van der Waals surface area contributed by atoms with Crippen LogP contribution in [0.3, 0.4) is 0 Å². The van der Waals surface area contributed by atoms with Crippen molar-refractivity contribution in [3.8, 4) is 0 Å². The van der Waals surface area contributed by atoms with E-state index in [0.29, 0.717) is 6.42 Å². The standard InChI is InChI=1S/C6H12F3NO3S/c1-2-3-4-13-5-10-14(11,12)6(7,8)9/h10H,2-5H2,1H3. The zero-order valence-electron chi connectivity index (χ0n) is 7.60. The van der Waals surface area contributed by atoms with E-state index in [9.17, 15) is 21.6 Å². The zero-order valence-corrected chi connectivity index (χ0v) is 8.41. The van der Waals surface area contributed by atoms with Gasteiger partial charge in [-0.1, -0.05) is 13.3 Å². The second-order valence-corrected chi connectivity index (χ2v) is 4.26. The summed E-state index contributed by atoms with van der Waals surface area (Å²) in [5.74, 6) is 0. The molecule has 0 heterocycles. The molecule has 0 saturated heterocycles. The van der Waals surface area contributed by atoms with Crippen LogP contribution < -0.4 is 4.72 Å². The van der Waals surface area contributed by atoms with Gasteiger partial charge in [-0.3, -0.25) is 0 Å². The average molecular weight is 235 g/mol. The first kappa shape index (κ1) is 13.7. The number of sulfonamides is 1. The van der Waals surface area contributed by atoms with Crippen molar-refractivity contribution in [2.24, 2.45) is 0 Å². The number of alkyl halides is 3. The minimum Gasteiger partial charge on any atom is -0.365 e. The molecule has 0 bridgehead atoms. The first-order chi connectivity index (χ1) is 6.31. The summed E-state index contributed by atoms with van der Waals surface area (Å²) >= 11 is 0. The molecule has 0 saturated carbocycles. The van der Waals surface area contributed by atoms with Crippen LogP contribution in [0.25, 0.3) is 0 Å². The van der Waals surface area contributed by atoms with Gasteiger partial charge in [0.1, 0.15) is 6.73 Å². The molecule has 0 rings (SSSR count). The molecule has 0 aromatic rings. The first-order valence-corrected chi connectivity index (χ1v) is 5.43. The molecular formula is C6H12F3NO3S. The van der Waals surface area contributed by atoms with Crippen molar-refractivity contribution in [1.82, 2.24) is 4.72 Å². The summed E-state index contributed by atoms with van der Waals surface area (Å²) in [6.45, 7) is 1.46. The van der Waals surface area contributed by atoms with Gasteiger partial charge in [-0.25, -0.2) is 8.42 Å². The van der Waals surface area contributed by atoms with Crippen LogP contribution in [0.15, 0.2) is 0 Å². The Morgan fingerprint density at radius 3 is 2.36 bits per heavy atom. The van der Waals surface area contributed by atoms with Crippen LogP contribution in [0.1, 0.15) is 19.8 Å². The number of hydrogen-bond donors (Lipinski definition) is 1. The maximum Gasteiger partial charge on any atom is 0.511 e. The van der Waals surface area contributed by atoms with Gasteiger partial charge in [0, 0.05) is 6.61 Å². The Morgan fingerprint density at radius 2 is 1.93 bits per heavy atom. The van der Waals surface area contributed by atoms with E-state index in [1.165, 1.54) is 4.72 Å². The van der Waals surface area contributed by atoms with Crippen LogP contribution in [0.4, 0.5) is 13.2 Å². The second kappa shape index (κ2) is 5.52. The van der Waals surface area contributed by atoms with Crippen LogP contribution in [0.2, 0.25) is 0 Å². The lowest BCUT2D eigenvalue weighted by Gasteiger charge is -2.09. The van der Waals surface area contributed by atoms with E-state index in [-0.39, 0.29) is 6.61 Å². The molecule has 1 N–H and O–H groups in total. The van der Waals surface area contributed by atoms with Gasteiger partial charge in [0.15, 0.2) is 0 Å². The fourth-order valence-electron chi connectivity index (χ4n) is 0.520. The van der Waals surface area contributed by atoms with E-state index in [4.69, 9.17) is 0 Å². The van der Waals surface area contributed by atoms with Gasteiger partial charge in [-0.05, 0) is 6.42 Å². The largest absolute Gasteiger partial charge is 0.511 e. The zero-order chi connectivity index (χ0) is 11.2. The molecule has 86 valence electrons. The third-order valence-electron chi connectivity index (χ3n) is 1.30. The van der Waals surface area contributed by atoms with Crippen molar-refractivity contribution in [2.75, 3.05) is 13.3 Å². The monoisotopic (exact) mass is 235 g/mol. The van der Waals surface area contributed by atoms with E-state index >= 15 is 0 Å². The highest BCUT2D eigenvalue weighted by Gasteiger charge is 2.45. The SMILES string of the molecule is CCCCOCNS(=O)(=O)C(F)(F)F. The predicted octanol–water partition coefficient (Wildman–Crippen LogP) is 1.20. The van der Waals surface area contributed by atoms with Gasteiger partial charge in [-0.2, -0.15) is 17.9 Å². The summed E-state index contributed by atoms with van der Waals surface area (Å²) < 4.78 is 61.7. The Balaban J connectivity index is 3.80. The second-order valence-electron chi connectivity index (χ2n) is 2.50. The van der Waals surface area contributed by atoms with Crippen molar-refractivity contribution in [2.45, 2.75) is 25.3 Å². The van der Waals surface area contributed by atoms with Crippen molar-refractivity contribution >= 4 is 10.0 Å². The summed E-state index contributed by atoms with van der Waals surface area (Å²) in [5, 5.41) is 0. The number of halogens is 3. The predicted molar refractivity (Wildman–Crippen MR) is 43.8 cm³/mol. The third-order valence-corrected chi connectivity index (χ3v) is 2.41. The normalized spacial score (nSPS) is 13.1. The van der Waals surface area contributed by atoms with E-state index in [2.05, 4.69) is 4.74 Å². The Kier molecular flexibility index (Phi) is 5.38. The van der Waals surface area contributed by atoms with Gasteiger partial charge < -0.3 is 4.74 Å². The van der Waals surface area contributed by atoms with Gasteiger partial charge in [0.25, 0.3) is 0 Å². The summed E-state index contributed by atoms with van der Waals surface area (Å²) in [6, 6.07) is 0. The minimum atomic E-state index is -5.28. The van der Waals surface area contributed by atoms with Crippen LogP contribution in [0, 0.1) is 0 Å². The van der Waals surface area contributed by atoms with Crippen molar-refractivity contribution in [3.63, 3.8) is 0 Å². The van der Waals surface area contributed by atoms with E-state index in [0.717, 1.165) is 6.42 Å². The van der Waals surface area contributed by atoms with E-state index in [1.54, 1.807) is 0 Å². The van der Waals surface area contributed by atoms with Crippen molar-refractivity contribution < 1.29 is 26.3 Å². The molecule has 0 aliphatic carbocycles. The van der Waals surface area contributed by atoms with Gasteiger partial charge in [0.2, 0.25) is 0 Å². The van der Waals surface area contributed by atoms with Gasteiger partial charge >= 0.3 is 15.5 Å². The summed E-state index contributed by atoms with van der Waals surface area (Å²) in [4.78, 5) is 0. The van der Waals surface area contributed by atoms with Gasteiger partial charge in [0.05, 0.1) is 0 Å². The lowest BCUT2D eigenvalue weighted by Crippen LogP contribution is -2.37. The molecule has 0 fully saturated rings. The molecule has 0 amide bonds. The maximum atomic E-state index is 11.7. The molecule has 8 heteroatoms. The van der Waals surface area contributed by atoms with E-state index < -0.39 is 22.3 Å². The summed E-state index contributed by atoms with van der Waals surface area (Å²) in [5.41, 5.74) is -5.28. The fraction of sp³-hybridized carbons (Fsp3) is 1.00. The maximum absolute atomic E-state index is 11.7. The number of rotatable bonds is 6. The Labute approximate surface area is 80.5 Å². The van der Waals surface area contributed by atoms with Gasteiger partial charge in [-0.15, -0.1) is 0 Å². The van der Waals surface area contributed by atoms with Crippen molar-refractivity contribution in [1.29, 1.82) is 0 Å². The molecule has 4 nitrogen and oxygen atoms in total. The number of hydrogen-bond acceptors (Lipinski definition) is 3. The number of unbranched alkanes of at least 4 members (excludes halogenated alkanes) is 1. The lowest BCUT2D eigenvalue weighted by molar-refractivity contribution is -0.0458. The minimum absolute atomic E-state index is 0.233. The van der Waals surface area contributed by atoms with Crippen LogP contribution in [-0.2, 0) is 14.8 Å². The molecule has 0 aromatic heterocycles. The molecule has 0 radical (unpaired) electrons. The van der Waals surface area contributed by atoms with Crippen LogP contribution in [0.5, 0.6) is 0 Å². The Hall–Kier alpha value is -0.340. The van der Waals surface area contributed by atoms with Crippen LogP contribution >= 0.6 is 0 Å². The lowest BCUT2D eigenvalue weighted by atomic mass is 10.4. The van der Waals surface area contributed by atoms with Crippen molar-refractivity contribution in [3.05, 3.63) is 0 Å². The Bertz CT molecular complexity index is 250. The molecule has 0 aromatic carbocycles. The third kappa shape index (κ3) is 4.77. The highest BCUT2D eigenvalue weighted by Crippen LogP contribution is 2.21. The molecule has 0 spiro atoms. The fourth-order valence-corrected chi connectivity index (χ4v) is 0.922.